The van der Waals surface area contributed by atoms with Crippen LogP contribution in [-0.2, 0) is 9.53 Å². The molecule has 2 N–H and O–H groups in total. The number of rotatable bonds is 6. The van der Waals surface area contributed by atoms with Gasteiger partial charge < -0.3 is 15.4 Å². The van der Waals surface area contributed by atoms with Crippen LogP contribution in [0, 0.1) is 0 Å². The molecule has 1 aliphatic carbocycles. The first kappa shape index (κ1) is 16.3. The zero-order valence-electron chi connectivity index (χ0n) is 11.6. The highest BCUT2D eigenvalue weighted by Gasteiger charge is 2.27. The third kappa shape index (κ3) is 5.72. The van der Waals surface area contributed by atoms with Crippen molar-refractivity contribution in [3.8, 4) is 0 Å². The summed E-state index contributed by atoms with van der Waals surface area (Å²) >= 11 is 0. The fraction of sp³-hybridized carbons (Fsp3) is 0.429. The van der Waals surface area contributed by atoms with Crippen molar-refractivity contribution in [1.29, 1.82) is 0 Å². The maximum Gasteiger partial charge on any atom is 0.411 e. The summed E-state index contributed by atoms with van der Waals surface area (Å²) in [6.45, 7) is -2.16. The van der Waals surface area contributed by atoms with E-state index in [4.69, 9.17) is 0 Å². The molecule has 0 heterocycles. The SMILES string of the molecule is O=C(COCC(F)(F)F)Nc1ccc(C(=O)NC2CC2)cc1. The van der Waals surface area contributed by atoms with Gasteiger partial charge in [0.15, 0.2) is 0 Å². The van der Waals surface area contributed by atoms with Gasteiger partial charge in [-0.15, -0.1) is 0 Å². The maximum absolute atomic E-state index is 11.9. The second-order valence-corrected chi connectivity index (χ2v) is 4.98. The Morgan fingerprint density at radius 3 is 2.36 bits per heavy atom. The molecule has 1 aliphatic rings. The minimum Gasteiger partial charge on any atom is -0.362 e. The van der Waals surface area contributed by atoms with E-state index in [-0.39, 0.29) is 11.9 Å². The molecule has 1 aromatic rings. The Bertz CT molecular complexity index is 539. The number of ether oxygens (including phenoxy) is 1. The minimum atomic E-state index is -4.46. The monoisotopic (exact) mass is 316 g/mol. The fourth-order valence-corrected chi connectivity index (χ4v) is 1.66. The fourth-order valence-electron chi connectivity index (χ4n) is 1.66. The second-order valence-electron chi connectivity index (χ2n) is 4.98. The lowest BCUT2D eigenvalue weighted by molar-refractivity contribution is -0.174. The molecule has 8 heteroatoms. The number of nitrogens with one attached hydrogen (secondary N) is 2. The van der Waals surface area contributed by atoms with E-state index in [1.165, 1.54) is 24.3 Å². The van der Waals surface area contributed by atoms with Crippen molar-refractivity contribution in [1.82, 2.24) is 5.32 Å². The molecule has 2 amide bonds. The second kappa shape index (κ2) is 6.78. The van der Waals surface area contributed by atoms with Gasteiger partial charge in [0.25, 0.3) is 5.91 Å². The van der Waals surface area contributed by atoms with Crippen molar-refractivity contribution in [2.24, 2.45) is 0 Å². The summed E-state index contributed by atoms with van der Waals surface area (Å²) in [6.07, 6.45) is -2.49. The third-order valence-corrected chi connectivity index (χ3v) is 2.84. The molecule has 1 aromatic carbocycles. The first-order valence-electron chi connectivity index (χ1n) is 6.69. The number of halogens is 3. The summed E-state index contributed by atoms with van der Waals surface area (Å²) in [6, 6.07) is 6.32. The molecule has 0 atom stereocenters. The Kier molecular flexibility index (Phi) is 5.02. The number of anilines is 1. The smallest absolute Gasteiger partial charge is 0.362 e. The van der Waals surface area contributed by atoms with E-state index in [2.05, 4.69) is 15.4 Å². The van der Waals surface area contributed by atoms with E-state index in [9.17, 15) is 22.8 Å². The summed E-state index contributed by atoms with van der Waals surface area (Å²) in [4.78, 5) is 23.1. The lowest BCUT2D eigenvalue weighted by Gasteiger charge is -2.09. The summed E-state index contributed by atoms with van der Waals surface area (Å²) in [7, 11) is 0. The molecule has 1 fully saturated rings. The molecular formula is C14H15F3N2O3. The van der Waals surface area contributed by atoms with Crippen molar-refractivity contribution < 1.29 is 27.5 Å². The first-order valence-corrected chi connectivity index (χ1v) is 6.69. The van der Waals surface area contributed by atoms with Crippen LogP contribution in [0.25, 0.3) is 0 Å². The molecule has 5 nitrogen and oxygen atoms in total. The Labute approximate surface area is 124 Å². The Hall–Kier alpha value is -2.09. The zero-order valence-corrected chi connectivity index (χ0v) is 11.6. The van der Waals surface area contributed by atoms with Gasteiger partial charge in [0.05, 0.1) is 0 Å². The summed E-state index contributed by atoms with van der Waals surface area (Å²) in [5.41, 5.74) is 0.835. The van der Waals surface area contributed by atoms with E-state index in [0.29, 0.717) is 11.3 Å². The van der Waals surface area contributed by atoms with Gasteiger partial charge in [-0.1, -0.05) is 0 Å². The van der Waals surface area contributed by atoms with Crippen molar-refractivity contribution in [3.05, 3.63) is 29.8 Å². The Morgan fingerprint density at radius 1 is 1.18 bits per heavy atom. The predicted molar refractivity (Wildman–Crippen MR) is 72.4 cm³/mol. The molecule has 0 aliphatic heterocycles. The van der Waals surface area contributed by atoms with Gasteiger partial charge >= 0.3 is 6.18 Å². The average molecular weight is 316 g/mol. The number of amides is 2. The quantitative estimate of drug-likeness (QED) is 0.844. The van der Waals surface area contributed by atoms with Crippen LogP contribution in [0.1, 0.15) is 23.2 Å². The van der Waals surface area contributed by atoms with Gasteiger partial charge in [-0.2, -0.15) is 13.2 Å². The van der Waals surface area contributed by atoms with Crippen LogP contribution < -0.4 is 10.6 Å². The Balaban J connectivity index is 1.77. The lowest BCUT2D eigenvalue weighted by Crippen LogP contribution is -2.25. The van der Waals surface area contributed by atoms with Gasteiger partial charge in [-0.05, 0) is 37.1 Å². The number of carbonyl (C=O) groups is 2. The van der Waals surface area contributed by atoms with Crippen LogP contribution in [0.5, 0.6) is 0 Å². The highest BCUT2D eigenvalue weighted by Crippen LogP contribution is 2.19. The van der Waals surface area contributed by atoms with Crippen LogP contribution >= 0.6 is 0 Å². The number of hydrogen-bond donors (Lipinski definition) is 2. The number of hydrogen-bond acceptors (Lipinski definition) is 3. The van der Waals surface area contributed by atoms with Gasteiger partial charge in [0, 0.05) is 17.3 Å². The normalized spacial score (nSPS) is 14.5. The summed E-state index contributed by atoms with van der Waals surface area (Å²) in [5.74, 6) is -0.881. The van der Waals surface area contributed by atoms with Crippen LogP contribution in [-0.4, -0.2) is 37.2 Å². The van der Waals surface area contributed by atoms with Gasteiger partial charge in [0.2, 0.25) is 5.91 Å². The minimum absolute atomic E-state index is 0.186. The molecule has 0 spiro atoms. The molecule has 22 heavy (non-hydrogen) atoms. The predicted octanol–water partition coefficient (Wildman–Crippen LogP) is 2.10. The number of alkyl halides is 3. The van der Waals surface area contributed by atoms with Crippen LogP contribution in [0.2, 0.25) is 0 Å². The van der Waals surface area contributed by atoms with Crippen LogP contribution in [0.4, 0.5) is 18.9 Å². The standard InChI is InChI=1S/C14H15F3N2O3/c15-14(16,17)8-22-7-12(20)18-10-3-1-9(2-4-10)13(21)19-11-5-6-11/h1-4,11H,5-8H2,(H,18,20)(H,19,21). The molecular weight excluding hydrogens is 301 g/mol. The third-order valence-electron chi connectivity index (χ3n) is 2.84. The molecule has 1 saturated carbocycles. The summed E-state index contributed by atoms with van der Waals surface area (Å²) < 4.78 is 39.8. The molecule has 120 valence electrons. The molecule has 0 bridgehead atoms. The van der Waals surface area contributed by atoms with E-state index in [1.54, 1.807) is 0 Å². The van der Waals surface area contributed by atoms with Gasteiger partial charge in [-0.3, -0.25) is 9.59 Å². The molecule has 0 aromatic heterocycles. The molecule has 0 saturated heterocycles. The molecule has 0 radical (unpaired) electrons. The highest BCUT2D eigenvalue weighted by molar-refractivity contribution is 5.96. The van der Waals surface area contributed by atoms with Crippen molar-refractivity contribution in [3.63, 3.8) is 0 Å². The molecule has 0 unspecified atom stereocenters. The number of carbonyl (C=O) groups excluding carboxylic acids is 2. The first-order chi connectivity index (χ1) is 10.3. The van der Waals surface area contributed by atoms with Gasteiger partial charge in [-0.25, -0.2) is 0 Å². The van der Waals surface area contributed by atoms with Crippen LogP contribution in [0.3, 0.4) is 0 Å². The summed E-state index contributed by atoms with van der Waals surface area (Å²) in [5, 5.41) is 5.20. The zero-order chi connectivity index (χ0) is 16.2. The van der Waals surface area contributed by atoms with Gasteiger partial charge in [0.1, 0.15) is 13.2 Å². The topological polar surface area (TPSA) is 67.4 Å². The van der Waals surface area contributed by atoms with E-state index in [0.717, 1.165) is 12.8 Å². The van der Waals surface area contributed by atoms with Crippen molar-refractivity contribution in [2.75, 3.05) is 18.5 Å². The average Bonchev–Trinajstić information content (AvgIpc) is 3.22. The van der Waals surface area contributed by atoms with Crippen molar-refractivity contribution >= 4 is 17.5 Å². The maximum atomic E-state index is 11.9. The van der Waals surface area contributed by atoms with E-state index >= 15 is 0 Å². The lowest BCUT2D eigenvalue weighted by atomic mass is 10.2. The molecule has 2 rings (SSSR count). The Morgan fingerprint density at radius 2 is 1.82 bits per heavy atom. The highest BCUT2D eigenvalue weighted by atomic mass is 19.4. The van der Waals surface area contributed by atoms with Crippen molar-refractivity contribution in [2.45, 2.75) is 25.1 Å². The van der Waals surface area contributed by atoms with Crippen LogP contribution in [0.15, 0.2) is 24.3 Å². The van der Waals surface area contributed by atoms with E-state index in [1.807, 2.05) is 0 Å². The largest absolute Gasteiger partial charge is 0.411 e. The van der Waals surface area contributed by atoms with E-state index < -0.39 is 25.3 Å². The number of benzene rings is 1.